The van der Waals surface area contributed by atoms with Gasteiger partial charge in [-0.05, 0) is 0 Å². The van der Waals surface area contributed by atoms with Gasteiger partial charge in [-0.25, -0.2) is 9.46 Å². The van der Waals surface area contributed by atoms with Crippen molar-refractivity contribution in [1.29, 1.82) is 0 Å². The number of amidine groups is 1. The first kappa shape index (κ1) is 16.0. The number of phosphoric acid groups is 1. The molecule has 0 bridgehead atoms. The zero-order chi connectivity index (χ0) is 15.9. The second kappa shape index (κ2) is 5.95. The van der Waals surface area contributed by atoms with E-state index in [2.05, 4.69) is 19.8 Å². The minimum Gasteiger partial charge on any atom is -0.390 e. The Morgan fingerprint density at radius 1 is 1.50 bits per heavy atom. The van der Waals surface area contributed by atoms with Gasteiger partial charge < -0.3 is 25.4 Å². The Labute approximate surface area is 126 Å². The second-order valence-electron chi connectivity index (χ2n) is 5.23. The molecule has 0 saturated carbocycles. The molecule has 12 heteroatoms. The fraction of sp³-hybridized carbons (Fsp3) is 0.800. The van der Waals surface area contributed by atoms with E-state index >= 15 is 0 Å². The molecular weight excluding hydrogens is 317 g/mol. The quantitative estimate of drug-likeness (QED) is 0.350. The summed E-state index contributed by atoms with van der Waals surface area (Å²) in [6.45, 7) is 0.323. The fourth-order valence-electron chi connectivity index (χ4n) is 2.71. The number of nitrogens with one attached hydrogen (secondary N) is 1. The van der Waals surface area contributed by atoms with E-state index in [1.54, 1.807) is 0 Å². The molecule has 3 rings (SSSR count). The van der Waals surface area contributed by atoms with Gasteiger partial charge in [0.25, 0.3) is 0 Å². The molecular formula is C10H18N5O6P. The third-order valence-corrected chi connectivity index (χ3v) is 4.26. The number of phosphoric ester groups is 1. The topological polar surface area (TPSA) is 162 Å². The molecule has 0 aromatic carbocycles. The van der Waals surface area contributed by atoms with E-state index in [1.807, 2.05) is 4.90 Å². The van der Waals surface area contributed by atoms with E-state index in [9.17, 15) is 9.67 Å². The van der Waals surface area contributed by atoms with Crippen LogP contribution in [0.1, 0.15) is 6.42 Å². The molecule has 0 radical (unpaired) electrons. The van der Waals surface area contributed by atoms with Crippen molar-refractivity contribution in [2.75, 3.05) is 19.9 Å². The van der Waals surface area contributed by atoms with Crippen LogP contribution in [0.3, 0.4) is 0 Å². The predicted molar refractivity (Wildman–Crippen MR) is 74.8 cm³/mol. The van der Waals surface area contributed by atoms with Gasteiger partial charge in [-0.1, -0.05) is 0 Å². The fourth-order valence-corrected chi connectivity index (χ4v) is 3.06. The smallest absolute Gasteiger partial charge is 0.390 e. The molecule has 0 aliphatic carbocycles. The summed E-state index contributed by atoms with van der Waals surface area (Å²) in [6.07, 6.45) is -2.10. The molecule has 1 fully saturated rings. The standard InChI is InChI=1S/C10H18N5O6P/c11-9-8-10(13-3-12-9)15(4-14-8)7-1-5(16)6(21-7)2-20-22(17,18)19/h5-7,10,13,16H,1-4H2,(H2,11,12)(H2,17,18,19)/t5-,6+,7+,10?/m0/s1. The van der Waals surface area contributed by atoms with Gasteiger partial charge in [-0.2, -0.15) is 0 Å². The first-order valence-corrected chi connectivity index (χ1v) is 8.25. The average Bonchev–Trinajstić information content (AvgIpc) is 3.00. The number of aliphatic hydroxyl groups excluding tert-OH is 1. The summed E-state index contributed by atoms with van der Waals surface area (Å²) >= 11 is 0. The number of hydrogen-bond donors (Lipinski definition) is 5. The highest BCUT2D eigenvalue weighted by molar-refractivity contribution is 7.46. The van der Waals surface area contributed by atoms with Crippen LogP contribution in [0.15, 0.2) is 9.98 Å². The van der Waals surface area contributed by atoms with Gasteiger partial charge in [0.15, 0.2) is 0 Å². The molecule has 4 atom stereocenters. The summed E-state index contributed by atoms with van der Waals surface area (Å²) < 4.78 is 20.8. The van der Waals surface area contributed by atoms with Gasteiger partial charge in [-0.15, -0.1) is 0 Å². The maximum Gasteiger partial charge on any atom is 0.469 e. The van der Waals surface area contributed by atoms with Crippen LogP contribution in [0.4, 0.5) is 0 Å². The van der Waals surface area contributed by atoms with Crippen molar-refractivity contribution in [2.24, 2.45) is 15.7 Å². The Balaban J connectivity index is 1.61. The molecule has 3 aliphatic heterocycles. The minimum atomic E-state index is -4.59. The number of nitrogens with zero attached hydrogens (tertiary/aromatic N) is 3. The van der Waals surface area contributed by atoms with Crippen LogP contribution in [-0.4, -0.2) is 75.9 Å². The molecule has 0 aromatic heterocycles. The summed E-state index contributed by atoms with van der Waals surface area (Å²) in [7, 11) is -4.59. The van der Waals surface area contributed by atoms with Gasteiger partial charge in [0.05, 0.1) is 26.0 Å². The van der Waals surface area contributed by atoms with Crippen LogP contribution in [-0.2, 0) is 13.8 Å². The van der Waals surface area contributed by atoms with Gasteiger partial charge in [-0.3, -0.25) is 19.8 Å². The molecule has 0 aromatic rings. The highest BCUT2D eigenvalue weighted by atomic mass is 31.2. The Kier molecular flexibility index (Phi) is 4.32. The normalized spacial score (nSPS) is 36.1. The van der Waals surface area contributed by atoms with Crippen molar-refractivity contribution in [2.45, 2.75) is 31.0 Å². The van der Waals surface area contributed by atoms with E-state index in [1.165, 1.54) is 0 Å². The second-order valence-corrected chi connectivity index (χ2v) is 6.47. The van der Waals surface area contributed by atoms with Crippen LogP contribution < -0.4 is 11.1 Å². The SMILES string of the molecule is NC1=NCNC2C1=NCN2[C@H]1C[C@H](O)[C@@H](COP(=O)(O)O)O1. The number of aliphatic hydroxyl groups is 1. The van der Waals surface area contributed by atoms with Crippen molar-refractivity contribution in [3.63, 3.8) is 0 Å². The van der Waals surface area contributed by atoms with Gasteiger partial charge in [0.1, 0.15) is 30.0 Å². The van der Waals surface area contributed by atoms with Crippen LogP contribution >= 0.6 is 7.82 Å². The van der Waals surface area contributed by atoms with Crippen LogP contribution in [0.5, 0.6) is 0 Å². The monoisotopic (exact) mass is 335 g/mol. The lowest BCUT2D eigenvalue weighted by atomic mass is 10.1. The van der Waals surface area contributed by atoms with Crippen molar-refractivity contribution < 1.29 is 28.7 Å². The molecule has 6 N–H and O–H groups in total. The summed E-state index contributed by atoms with van der Waals surface area (Å²) in [5.41, 5.74) is 6.42. The zero-order valence-corrected chi connectivity index (χ0v) is 12.5. The Bertz CT molecular complexity index is 550. The first-order valence-electron chi connectivity index (χ1n) is 6.72. The lowest BCUT2D eigenvalue weighted by molar-refractivity contribution is -0.0822. The van der Waals surface area contributed by atoms with E-state index in [0.717, 1.165) is 0 Å². The Hall–Kier alpha value is -0.910. The molecule has 1 unspecified atom stereocenters. The predicted octanol–water partition coefficient (Wildman–Crippen LogP) is -2.47. The highest BCUT2D eigenvalue weighted by Crippen LogP contribution is 2.37. The van der Waals surface area contributed by atoms with E-state index < -0.39 is 26.3 Å². The Morgan fingerprint density at radius 2 is 2.27 bits per heavy atom. The summed E-state index contributed by atoms with van der Waals surface area (Å²) in [5.74, 6) is 0.381. The maximum atomic E-state index is 10.7. The molecule has 3 heterocycles. The minimum absolute atomic E-state index is 0.240. The largest absolute Gasteiger partial charge is 0.469 e. The number of hydrogen-bond acceptors (Lipinski definition) is 9. The van der Waals surface area contributed by atoms with Crippen molar-refractivity contribution >= 4 is 19.4 Å². The van der Waals surface area contributed by atoms with E-state index in [-0.39, 0.29) is 19.2 Å². The maximum absolute atomic E-state index is 10.7. The number of nitrogens with two attached hydrogens (primary N) is 1. The van der Waals surface area contributed by atoms with Crippen LogP contribution in [0, 0.1) is 0 Å². The number of ether oxygens (including phenoxy) is 1. The highest BCUT2D eigenvalue weighted by Gasteiger charge is 2.44. The molecule has 22 heavy (non-hydrogen) atoms. The molecule has 3 aliphatic rings. The molecule has 0 amide bonds. The molecule has 1 saturated heterocycles. The molecule has 0 spiro atoms. The van der Waals surface area contributed by atoms with Gasteiger partial charge in [0.2, 0.25) is 0 Å². The van der Waals surface area contributed by atoms with E-state index in [0.29, 0.717) is 24.9 Å². The lowest BCUT2D eigenvalue weighted by Gasteiger charge is -2.31. The van der Waals surface area contributed by atoms with Crippen LogP contribution in [0.2, 0.25) is 0 Å². The Morgan fingerprint density at radius 3 is 3.00 bits per heavy atom. The van der Waals surface area contributed by atoms with Crippen molar-refractivity contribution in [1.82, 2.24) is 10.2 Å². The van der Waals surface area contributed by atoms with Crippen molar-refractivity contribution in [3.05, 3.63) is 0 Å². The lowest BCUT2D eigenvalue weighted by Crippen LogP contribution is -2.56. The summed E-state index contributed by atoms with van der Waals surface area (Å²) in [5, 5.41) is 13.1. The third kappa shape index (κ3) is 3.21. The molecule has 11 nitrogen and oxygen atoms in total. The molecule has 124 valence electrons. The number of fused-ring (bicyclic) bond motifs is 1. The summed E-state index contributed by atoms with van der Waals surface area (Å²) in [6, 6.07) is 0. The summed E-state index contributed by atoms with van der Waals surface area (Å²) in [4.78, 5) is 27.7. The van der Waals surface area contributed by atoms with Crippen LogP contribution in [0.25, 0.3) is 0 Å². The van der Waals surface area contributed by atoms with E-state index in [4.69, 9.17) is 20.3 Å². The van der Waals surface area contributed by atoms with Gasteiger partial charge in [0, 0.05) is 6.42 Å². The number of rotatable bonds is 4. The average molecular weight is 335 g/mol. The van der Waals surface area contributed by atoms with Crippen molar-refractivity contribution in [3.8, 4) is 0 Å². The third-order valence-electron chi connectivity index (χ3n) is 3.77. The number of aliphatic imine (C=N–C) groups is 2. The van der Waals surface area contributed by atoms with Gasteiger partial charge >= 0.3 is 7.82 Å². The zero-order valence-electron chi connectivity index (χ0n) is 11.6. The first-order chi connectivity index (χ1) is 10.3.